The minimum absolute atomic E-state index is 0. The standard InChI is InChI=1S/C21H28N4.HI/c1-16-10-11-19(14-17(16)2)24-21(22)23-15-20(25-12-6-7-13-25)18-8-4-3-5-9-18;/h3-5,8-11,14,20H,6-7,12-13,15H2,1-2H3,(H3,22,23,24);1H. The number of nitrogens with zero attached hydrogens (tertiary/aromatic N) is 2. The fraction of sp³-hybridized carbons (Fsp3) is 0.381. The van der Waals surface area contributed by atoms with Crippen molar-refractivity contribution in [1.29, 1.82) is 0 Å². The van der Waals surface area contributed by atoms with Gasteiger partial charge in [0, 0.05) is 5.69 Å². The van der Waals surface area contributed by atoms with Crippen LogP contribution in [0, 0.1) is 13.8 Å². The molecule has 2 aromatic rings. The highest BCUT2D eigenvalue weighted by Crippen LogP contribution is 2.25. The van der Waals surface area contributed by atoms with Gasteiger partial charge in [-0.2, -0.15) is 0 Å². The number of nitrogens with one attached hydrogen (secondary N) is 1. The quantitative estimate of drug-likeness (QED) is 0.390. The molecule has 3 N–H and O–H groups in total. The minimum atomic E-state index is 0. The highest BCUT2D eigenvalue weighted by atomic mass is 127. The number of benzene rings is 2. The van der Waals surface area contributed by atoms with Crippen molar-refractivity contribution >= 4 is 35.6 Å². The third-order valence-electron chi connectivity index (χ3n) is 4.98. The zero-order valence-electron chi connectivity index (χ0n) is 15.6. The van der Waals surface area contributed by atoms with Gasteiger partial charge in [-0.05, 0) is 68.6 Å². The van der Waals surface area contributed by atoms with Crippen molar-refractivity contribution in [2.24, 2.45) is 10.7 Å². The molecule has 3 rings (SSSR count). The van der Waals surface area contributed by atoms with Gasteiger partial charge in [-0.1, -0.05) is 36.4 Å². The predicted molar refractivity (Wildman–Crippen MR) is 121 cm³/mol. The minimum Gasteiger partial charge on any atom is -0.370 e. The van der Waals surface area contributed by atoms with E-state index >= 15 is 0 Å². The van der Waals surface area contributed by atoms with E-state index in [-0.39, 0.29) is 24.0 Å². The van der Waals surface area contributed by atoms with Gasteiger partial charge < -0.3 is 11.1 Å². The third-order valence-corrected chi connectivity index (χ3v) is 4.98. The molecule has 0 aromatic heterocycles. The van der Waals surface area contributed by atoms with Crippen LogP contribution in [-0.2, 0) is 0 Å². The summed E-state index contributed by atoms with van der Waals surface area (Å²) in [5.41, 5.74) is 11.0. The molecule has 140 valence electrons. The second-order valence-electron chi connectivity index (χ2n) is 6.82. The van der Waals surface area contributed by atoms with Crippen molar-refractivity contribution in [1.82, 2.24) is 4.90 Å². The topological polar surface area (TPSA) is 53.6 Å². The molecule has 1 aliphatic rings. The van der Waals surface area contributed by atoms with Gasteiger partial charge in [-0.25, -0.2) is 0 Å². The number of hydrogen-bond acceptors (Lipinski definition) is 2. The second-order valence-corrected chi connectivity index (χ2v) is 6.82. The monoisotopic (exact) mass is 464 g/mol. The smallest absolute Gasteiger partial charge is 0.193 e. The molecule has 1 atom stereocenters. The Hall–Kier alpha value is -1.60. The first-order valence-corrected chi connectivity index (χ1v) is 9.06. The lowest BCUT2D eigenvalue weighted by Gasteiger charge is -2.26. The van der Waals surface area contributed by atoms with Gasteiger partial charge in [0.15, 0.2) is 5.96 Å². The Morgan fingerprint density at radius 3 is 2.42 bits per heavy atom. The molecule has 1 unspecified atom stereocenters. The van der Waals surface area contributed by atoms with Crippen LogP contribution >= 0.6 is 24.0 Å². The van der Waals surface area contributed by atoms with E-state index in [1.807, 2.05) is 6.07 Å². The number of hydrogen-bond donors (Lipinski definition) is 2. The molecule has 0 bridgehead atoms. The van der Waals surface area contributed by atoms with E-state index in [9.17, 15) is 0 Å². The summed E-state index contributed by atoms with van der Waals surface area (Å²) in [6.45, 7) is 7.16. The fourth-order valence-electron chi connectivity index (χ4n) is 3.35. The molecule has 1 aliphatic heterocycles. The van der Waals surface area contributed by atoms with Gasteiger partial charge >= 0.3 is 0 Å². The number of aryl methyl sites for hydroxylation is 2. The lowest BCUT2D eigenvalue weighted by Crippen LogP contribution is -2.30. The maximum absolute atomic E-state index is 6.14. The van der Waals surface area contributed by atoms with Gasteiger partial charge in [-0.15, -0.1) is 24.0 Å². The van der Waals surface area contributed by atoms with Crippen LogP contribution in [0.1, 0.15) is 35.6 Å². The summed E-state index contributed by atoms with van der Waals surface area (Å²) in [5.74, 6) is 0.475. The molecule has 0 saturated carbocycles. The average molecular weight is 464 g/mol. The van der Waals surface area contributed by atoms with Crippen LogP contribution in [0.3, 0.4) is 0 Å². The van der Waals surface area contributed by atoms with Crippen LogP contribution in [0.4, 0.5) is 5.69 Å². The van der Waals surface area contributed by atoms with E-state index in [2.05, 4.69) is 71.5 Å². The zero-order chi connectivity index (χ0) is 17.6. The largest absolute Gasteiger partial charge is 0.370 e. The van der Waals surface area contributed by atoms with Crippen LogP contribution in [0.25, 0.3) is 0 Å². The SMILES string of the molecule is Cc1ccc(NC(N)=NCC(c2ccccc2)N2CCCC2)cc1C.I. The Labute approximate surface area is 173 Å². The molecule has 0 radical (unpaired) electrons. The summed E-state index contributed by atoms with van der Waals surface area (Å²) in [5, 5.41) is 3.22. The molecule has 26 heavy (non-hydrogen) atoms. The van der Waals surface area contributed by atoms with Crippen LogP contribution in [0.5, 0.6) is 0 Å². The van der Waals surface area contributed by atoms with Crippen molar-refractivity contribution in [3.05, 3.63) is 65.2 Å². The van der Waals surface area contributed by atoms with Gasteiger partial charge in [-0.3, -0.25) is 9.89 Å². The maximum atomic E-state index is 6.14. The first-order valence-electron chi connectivity index (χ1n) is 9.06. The maximum Gasteiger partial charge on any atom is 0.193 e. The highest BCUT2D eigenvalue weighted by molar-refractivity contribution is 14.0. The predicted octanol–water partition coefficient (Wildman–Crippen LogP) is 4.49. The number of likely N-dealkylation sites (tertiary alicyclic amines) is 1. The second kappa shape index (κ2) is 9.92. The number of rotatable bonds is 5. The van der Waals surface area contributed by atoms with Crippen molar-refractivity contribution in [2.45, 2.75) is 32.7 Å². The van der Waals surface area contributed by atoms with E-state index in [1.54, 1.807) is 0 Å². The first kappa shape index (κ1) is 20.7. The number of aliphatic imine (C=N–C) groups is 1. The van der Waals surface area contributed by atoms with E-state index in [0.717, 1.165) is 18.8 Å². The van der Waals surface area contributed by atoms with Gasteiger partial charge in [0.05, 0.1) is 12.6 Å². The summed E-state index contributed by atoms with van der Waals surface area (Å²) < 4.78 is 0. The summed E-state index contributed by atoms with van der Waals surface area (Å²) >= 11 is 0. The molecule has 0 amide bonds. The molecule has 0 spiro atoms. The third kappa shape index (κ3) is 5.45. The zero-order valence-corrected chi connectivity index (χ0v) is 17.9. The number of guanidine groups is 1. The molecular formula is C21H29IN4. The number of halogens is 1. The molecule has 5 heteroatoms. The van der Waals surface area contributed by atoms with E-state index in [0.29, 0.717) is 18.5 Å². The van der Waals surface area contributed by atoms with Crippen molar-refractivity contribution < 1.29 is 0 Å². The Morgan fingerprint density at radius 1 is 1.08 bits per heavy atom. The molecule has 4 nitrogen and oxygen atoms in total. The summed E-state index contributed by atoms with van der Waals surface area (Å²) in [7, 11) is 0. The fourth-order valence-corrected chi connectivity index (χ4v) is 3.35. The van der Waals surface area contributed by atoms with Crippen molar-refractivity contribution in [2.75, 3.05) is 25.0 Å². The summed E-state index contributed by atoms with van der Waals surface area (Å²) in [6, 6.07) is 17.2. The Morgan fingerprint density at radius 2 is 1.77 bits per heavy atom. The van der Waals surface area contributed by atoms with E-state index in [4.69, 9.17) is 5.73 Å². The first-order chi connectivity index (χ1) is 12.1. The molecule has 1 fully saturated rings. The van der Waals surface area contributed by atoms with Gasteiger partial charge in [0.2, 0.25) is 0 Å². The Balaban J connectivity index is 0.00000243. The van der Waals surface area contributed by atoms with Crippen molar-refractivity contribution in [3.8, 4) is 0 Å². The number of nitrogens with two attached hydrogens (primary N) is 1. The average Bonchev–Trinajstić information content (AvgIpc) is 3.14. The van der Waals surface area contributed by atoms with E-state index < -0.39 is 0 Å². The summed E-state index contributed by atoms with van der Waals surface area (Å²) in [6.07, 6.45) is 2.53. The summed E-state index contributed by atoms with van der Waals surface area (Å²) in [4.78, 5) is 7.15. The van der Waals surface area contributed by atoms with Crippen LogP contribution in [0.15, 0.2) is 53.5 Å². The molecule has 2 aromatic carbocycles. The lowest BCUT2D eigenvalue weighted by molar-refractivity contribution is 0.252. The molecule has 1 heterocycles. The van der Waals surface area contributed by atoms with Crippen molar-refractivity contribution in [3.63, 3.8) is 0 Å². The molecular weight excluding hydrogens is 435 g/mol. The van der Waals surface area contributed by atoms with Crippen LogP contribution in [-0.4, -0.2) is 30.5 Å². The Bertz CT molecular complexity index is 724. The van der Waals surface area contributed by atoms with Gasteiger partial charge in [0.25, 0.3) is 0 Å². The van der Waals surface area contributed by atoms with Crippen LogP contribution in [0.2, 0.25) is 0 Å². The van der Waals surface area contributed by atoms with Crippen LogP contribution < -0.4 is 11.1 Å². The van der Waals surface area contributed by atoms with E-state index in [1.165, 1.54) is 29.5 Å². The Kier molecular flexibility index (Phi) is 7.90. The lowest BCUT2D eigenvalue weighted by atomic mass is 10.1. The molecule has 1 saturated heterocycles. The number of anilines is 1. The highest BCUT2D eigenvalue weighted by Gasteiger charge is 2.23. The molecule has 0 aliphatic carbocycles. The normalized spacial score (nSPS) is 16.2. The van der Waals surface area contributed by atoms with Gasteiger partial charge in [0.1, 0.15) is 0 Å².